The molecule has 1 fully saturated rings. The van der Waals surface area contributed by atoms with Gasteiger partial charge in [-0.25, -0.2) is 0 Å². The molecule has 1 aliphatic heterocycles. The van der Waals surface area contributed by atoms with E-state index in [9.17, 15) is 9.59 Å². The zero-order chi connectivity index (χ0) is 11.8. The first kappa shape index (κ1) is 12.9. The first-order chi connectivity index (χ1) is 7.70. The largest absolute Gasteiger partial charge is 0.370 e. The van der Waals surface area contributed by atoms with Crippen LogP contribution >= 0.6 is 0 Å². The van der Waals surface area contributed by atoms with Crippen molar-refractivity contribution in [3.63, 3.8) is 0 Å². The van der Waals surface area contributed by atoms with Crippen LogP contribution in [0.15, 0.2) is 0 Å². The fraction of sp³-hybridized carbons (Fsp3) is 0.800. The first-order valence-corrected chi connectivity index (χ1v) is 5.57. The van der Waals surface area contributed by atoms with Gasteiger partial charge in [0.05, 0.1) is 12.6 Å². The van der Waals surface area contributed by atoms with Crippen molar-refractivity contribution in [2.45, 2.75) is 25.3 Å². The molecule has 0 aromatic rings. The number of ether oxygens (including phenoxy) is 1. The van der Waals surface area contributed by atoms with E-state index in [2.05, 4.69) is 10.6 Å². The third-order valence-electron chi connectivity index (χ3n) is 2.42. The molecule has 0 spiro atoms. The van der Waals surface area contributed by atoms with Gasteiger partial charge in [-0.3, -0.25) is 9.59 Å². The van der Waals surface area contributed by atoms with Crippen LogP contribution in [0.1, 0.15) is 19.3 Å². The lowest BCUT2D eigenvalue weighted by molar-refractivity contribution is -0.124. The molecule has 1 aliphatic rings. The lowest BCUT2D eigenvalue weighted by atomic mass is 10.1. The van der Waals surface area contributed by atoms with Crippen LogP contribution in [0.4, 0.5) is 0 Å². The SMILES string of the molecule is NC(=O)COCCNC1CCCCNC1=O. The second kappa shape index (κ2) is 7.19. The molecule has 4 N–H and O–H groups in total. The number of carbonyl (C=O) groups excluding carboxylic acids is 2. The zero-order valence-corrected chi connectivity index (χ0v) is 9.33. The van der Waals surface area contributed by atoms with Gasteiger partial charge in [-0.2, -0.15) is 0 Å². The maximum atomic E-state index is 11.5. The summed E-state index contributed by atoms with van der Waals surface area (Å²) in [6.45, 7) is 1.62. The number of nitrogens with two attached hydrogens (primary N) is 1. The molecular weight excluding hydrogens is 210 g/mol. The lowest BCUT2D eigenvalue weighted by Crippen LogP contribution is -2.44. The van der Waals surface area contributed by atoms with Gasteiger partial charge in [0.1, 0.15) is 6.61 Å². The normalized spacial score (nSPS) is 21.2. The van der Waals surface area contributed by atoms with E-state index in [1.807, 2.05) is 0 Å². The number of hydrogen-bond acceptors (Lipinski definition) is 4. The van der Waals surface area contributed by atoms with E-state index in [0.29, 0.717) is 13.2 Å². The summed E-state index contributed by atoms with van der Waals surface area (Å²) >= 11 is 0. The molecule has 0 aliphatic carbocycles. The Balaban J connectivity index is 2.10. The van der Waals surface area contributed by atoms with Crippen molar-refractivity contribution in [2.24, 2.45) is 5.73 Å². The standard InChI is InChI=1S/C10H19N3O3/c11-9(14)7-16-6-5-12-8-3-1-2-4-13-10(8)15/h8,12H,1-7H2,(H2,11,14)(H,13,15). The summed E-state index contributed by atoms with van der Waals surface area (Å²) < 4.78 is 4.98. The summed E-state index contributed by atoms with van der Waals surface area (Å²) in [5.74, 6) is -0.431. The third-order valence-corrected chi connectivity index (χ3v) is 2.42. The van der Waals surface area contributed by atoms with Crippen LogP contribution in [-0.2, 0) is 14.3 Å². The van der Waals surface area contributed by atoms with E-state index in [1.54, 1.807) is 0 Å². The molecule has 6 nitrogen and oxygen atoms in total. The van der Waals surface area contributed by atoms with Crippen LogP contribution < -0.4 is 16.4 Å². The maximum absolute atomic E-state index is 11.5. The molecule has 92 valence electrons. The molecule has 1 unspecified atom stereocenters. The first-order valence-electron chi connectivity index (χ1n) is 5.57. The number of hydrogen-bond donors (Lipinski definition) is 3. The van der Waals surface area contributed by atoms with E-state index in [4.69, 9.17) is 10.5 Å². The highest BCUT2D eigenvalue weighted by molar-refractivity contribution is 5.81. The minimum atomic E-state index is -0.479. The van der Waals surface area contributed by atoms with Gasteiger partial charge >= 0.3 is 0 Å². The van der Waals surface area contributed by atoms with E-state index >= 15 is 0 Å². The van der Waals surface area contributed by atoms with Gasteiger partial charge in [0.2, 0.25) is 11.8 Å². The Labute approximate surface area is 94.9 Å². The fourth-order valence-corrected chi connectivity index (χ4v) is 1.61. The van der Waals surface area contributed by atoms with Gasteiger partial charge in [-0.1, -0.05) is 0 Å². The summed E-state index contributed by atoms with van der Waals surface area (Å²) in [4.78, 5) is 21.9. The Morgan fingerprint density at radius 3 is 3.12 bits per heavy atom. The van der Waals surface area contributed by atoms with Gasteiger partial charge < -0.3 is 21.1 Å². The molecular formula is C10H19N3O3. The number of nitrogens with one attached hydrogen (secondary N) is 2. The molecule has 0 radical (unpaired) electrons. The van der Waals surface area contributed by atoms with Gasteiger partial charge in [0.25, 0.3) is 0 Å². The minimum Gasteiger partial charge on any atom is -0.370 e. The second-order valence-electron chi connectivity index (χ2n) is 3.81. The van der Waals surface area contributed by atoms with Crippen molar-refractivity contribution < 1.29 is 14.3 Å². The Morgan fingerprint density at radius 2 is 2.38 bits per heavy atom. The molecule has 1 rings (SSSR count). The van der Waals surface area contributed by atoms with Crippen LogP contribution in [0, 0.1) is 0 Å². The summed E-state index contributed by atoms with van der Waals surface area (Å²) in [7, 11) is 0. The molecule has 1 saturated heterocycles. The average Bonchev–Trinajstić information content (AvgIpc) is 2.43. The van der Waals surface area contributed by atoms with Crippen molar-refractivity contribution in [1.29, 1.82) is 0 Å². The Kier molecular flexibility index (Phi) is 5.81. The number of amides is 2. The second-order valence-corrected chi connectivity index (χ2v) is 3.81. The van der Waals surface area contributed by atoms with E-state index in [0.717, 1.165) is 25.8 Å². The van der Waals surface area contributed by atoms with Crippen molar-refractivity contribution >= 4 is 11.8 Å². The topological polar surface area (TPSA) is 93.5 Å². The highest BCUT2D eigenvalue weighted by atomic mass is 16.5. The van der Waals surface area contributed by atoms with E-state index < -0.39 is 5.91 Å². The summed E-state index contributed by atoms with van der Waals surface area (Å²) in [6, 6.07) is -0.139. The Bertz CT molecular complexity index is 245. The molecule has 0 bridgehead atoms. The van der Waals surface area contributed by atoms with Gasteiger partial charge in [0.15, 0.2) is 0 Å². The minimum absolute atomic E-state index is 0.0485. The van der Waals surface area contributed by atoms with Crippen LogP contribution in [0.3, 0.4) is 0 Å². The average molecular weight is 229 g/mol. The maximum Gasteiger partial charge on any atom is 0.243 e. The van der Waals surface area contributed by atoms with Crippen molar-refractivity contribution in [3.8, 4) is 0 Å². The van der Waals surface area contributed by atoms with Crippen LogP contribution in [0.25, 0.3) is 0 Å². The van der Waals surface area contributed by atoms with Crippen LogP contribution in [0.5, 0.6) is 0 Å². The van der Waals surface area contributed by atoms with Crippen molar-refractivity contribution in [1.82, 2.24) is 10.6 Å². The van der Waals surface area contributed by atoms with Crippen molar-refractivity contribution in [2.75, 3.05) is 26.3 Å². The predicted octanol–water partition coefficient (Wildman–Crippen LogP) is -1.25. The zero-order valence-electron chi connectivity index (χ0n) is 9.33. The summed E-state index contributed by atoms with van der Waals surface area (Å²) in [5.41, 5.74) is 4.91. The van der Waals surface area contributed by atoms with Gasteiger partial charge in [-0.15, -0.1) is 0 Å². The Morgan fingerprint density at radius 1 is 1.56 bits per heavy atom. The third kappa shape index (κ3) is 5.09. The molecule has 0 aromatic carbocycles. The fourth-order valence-electron chi connectivity index (χ4n) is 1.61. The van der Waals surface area contributed by atoms with Crippen molar-refractivity contribution in [3.05, 3.63) is 0 Å². The predicted molar refractivity (Wildman–Crippen MR) is 58.7 cm³/mol. The Hall–Kier alpha value is -1.14. The van der Waals surface area contributed by atoms with E-state index in [1.165, 1.54) is 0 Å². The molecule has 0 aromatic heterocycles. The smallest absolute Gasteiger partial charge is 0.243 e. The number of rotatable bonds is 6. The summed E-state index contributed by atoms with van der Waals surface area (Å²) in [6.07, 6.45) is 2.92. The number of carbonyl (C=O) groups is 2. The molecule has 2 amide bonds. The molecule has 1 atom stereocenters. The quantitative estimate of drug-likeness (QED) is 0.496. The van der Waals surface area contributed by atoms with Crippen LogP contribution in [0.2, 0.25) is 0 Å². The lowest BCUT2D eigenvalue weighted by Gasteiger charge is -2.14. The van der Waals surface area contributed by atoms with Gasteiger partial charge in [-0.05, 0) is 19.3 Å². The molecule has 6 heteroatoms. The highest BCUT2D eigenvalue weighted by Gasteiger charge is 2.19. The van der Waals surface area contributed by atoms with E-state index in [-0.39, 0.29) is 18.6 Å². The van der Waals surface area contributed by atoms with Gasteiger partial charge in [0, 0.05) is 13.1 Å². The molecule has 0 saturated carbocycles. The monoisotopic (exact) mass is 229 g/mol. The summed E-state index contributed by atoms with van der Waals surface area (Å²) in [5, 5.41) is 5.93. The van der Waals surface area contributed by atoms with Crippen LogP contribution in [-0.4, -0.2) is 44.2 Å². The molecule has 1 heterocycles. The highest BCUT2D eigenvalue weighted by Crippen LogP contribution is 2.04. The molecule has 16 heavy (non-hydrogen) atoms. The number of primary amides is 1.